The minimum Gasteiger partial charge on any atom is -0.362 e. The summed E-state index contributed by atoms with van der Waals surface area (Å²) >= 11 is 6.74. The van der Waals surface area contributed by atoms with Crippen molar-refractivity contribution in [3.8, 4) is 0 Å². The summed E-state index contributed by atoms with van der Waals surface area (Å²) in [5.41, 5.74) is 6.28. The quantitative estimate of drug-likeness (QED) is 0.512. The summed E-state index contributed by atoms with van der Waals surface area (Å²) in [5.74, 6) is -0.140. The molecule has 2 aliphatic heterocycles. The van der Waals surface area contributed by atoms with E-state index in [1.165, 1.54) is 10.6 Å². The van der Waals surface area contributed by atoms with Gasteiger partial charge < -0.3 is 4.90 Å². The van der Waals surface area contributed by atoms with Gasteiger partial charge in [-0.1, -0.05) is 42.8 Å². The molecule has 0 spiro atoms. The van der Waals surface area contributed by atoms with E-state index in [0.717, 1.165) is 35.5 Å². The van der Waals surface area contributed by atoms with Crippen molar-refractivity contribution in [2.24, 2.45) is 5.10 Å². The highest BCUT2D eigenvalue weighted by molar-refractivity contribution is 6.35. The van der Waals surface area contributed by atoms with Gasteiger partial charge in [0.05, 0.1) is 22.5 Å². The number of hydrazone groups is 1. The van der Waals surface area contributed by atoms with Crippen LogP contribution in [0.2, 0.25) is 5.02 Å². The van der Waals surface area contributed by atoms with Crippen molar-refractivity contribution in [3.05, 3.63) is 70.3 Å². The molecule has 0 atom stereocenters. The average Bonchev–Trinajstić information content (AvgIpc) is 3.00. The van der Waals surface area contributed by atoms with Crippen LogP contribution in [0, 0.1) is 0 Å². The van der Waals surface area contributed by atoms with Crippen molar-refractivity contribution >= 4 is 46.2 Å². The number of amides is 1. The van der Waals surface area contributed by atoms with Gasteiger partial charge in [0, 0.05) is 22.8 Å². The van der Waals surface area contributed by atoms with E-state index in [2.05, 4.69) is 49.8 Å². The fraction of sp³-hybridized carbons (Fsp3) is 0.308. The largest absolute Gasteiger partial charge is 0.362 e. The minimum absolute atomic E-state index is 0.0722. The van der Waals surface area contributed by atoms with Crippen molar-refractivity contribution in [3.63, 3.8) is 0 Å². The van der Waals surface area contributed by atoms with Gasteiger partial charge in [-0.15, -0.1) is 0 Å². The molecule has 0 aliphatic carbocycles. The molecule has 0 unspecified atom stereocenters. The number of halogens is 1. The second-order valence-electron chi connectivity index (χ2n) is 8.72. The van der Waals surface area contributed by atoms with E-state index < -0.39 is 0 Å². The van der Waals surface area contributed by atoms with Crippen LogP contribution in [-0.4, -0.2) is 23.7 Å². The number of nitrogens with zero attached hydrogens (tertiary/aromatic N) is 3. The number of anilines is 2. The van der Waals surface area contributed by atoms with Crippen LogP contribution in [-0.2, 0) is 4.79 Å². The van der Waals surface area contributed by atoms with Gasteiger partial charge in [-0.05, 0) is 75.6 Å². The summed E-state index contributed by atoms with van der Waals surface area (Å²) in [6.45, 7) is 11.6. The number of carbonyl (C=O) groups excluding carboxylic acids is 1. The number of para-hydroxylation sites is 1. The smallest absolute Gasteiger partial charge is 0.280 e. The molecule has 2 aliphatic rings. The van der Waals surface area contributed by atoms with Crippen LogP contribution in [0.4, 0.5) is 11.4 Å². The first-order valence-electron chi connectivity index (χ1n) is 10.7. The van der Waals surface area contributed by atoms with E-state index >= 15 is 0 Å². The summed E-state index contributed by atoms with van der Waals surface area (Å²) in [5, 5.41) is 6.56. The number of fused-ring (bicyclic) bond motifs is 1. The fourth-order valence-electron chi connectivity index (χ4n) is 4.44. The number of hydrogen-bond donors (Lipinski definition) is 0. The second kappa shape index (κ2) is 8.01. The number of allylic oxidation sites excluding steroid dienone is 1. The van der Waals surface area contributed by atoms with Crippen LogP contribution in [0.25, 0.3) is 11.6 Å². The van der Waals surface area contributed by atoms with Crippen molar-refractivity contribution in [2.45, 2.75) is 46.6 Å². The van der Waals surface area contributed by atoms with Crippen LogP contribution in [0.1, 0.15) is 52.2 Å². The highest BCUT2D eigenvalue weighted by Crippen LogP contribution is 2.42. The Kier molecular flexibility index (Phi) is 5.52. The molecule has 5 heteroatoms. The van der Waals surface area contributed by atoms with Gasteiger partial charge in [0.15, 0.2) is 0 Å². The van der Waals surface area contributed by atoms with Crippen LogP contribution < -0.4 is 9.91 Å². The molecule has 1 amide bonds. The molecule has 2 aromatic carbocycles. The Balaban J connectivity index is 1.76. The van der Waals surface area contributed by atoms with Crippen molar-refractivity contribution < 1.29 is 4.79 Å². The van der Waals surface area contributed by atoms with E-state index in [-0.39, 0.29) is 11.4 Å². The van der Waals surface area contributed by atoms with E-state index in [1.807, 2.05) is 49.4 Å². The lowest BCUT2D eigenvalue weighted by Crippen LogP contribution is -2.45. The van der Waals surface area contributed by atoms with Crippen LogP contribution in [0.5, 0.6) is 0 Å². The van der Waals surface area contributed by atoms with E-state index in [1.54, 1.807) is 0 Å². The molecular weight excluding hydrogens is 406 g/mol. The molecule has 0 fully saturated rings. The minimum atomic E-state index is -0.140. The molecule has 0 saturated heterocycles. The van der Waals surface area contributed by atoms with E-state index in [0.29, 0.717) is 16.3 Å². The highest BCUT2D eigenvalue weighted by atomic mass is 35.5. The predicted octanol–water partition coefficient (Wildman–Crippen LogP) is 6.56. The molecule has 4 rings (SSSR count). The molecule has 2 heterocycles. The first-order valence-corrected chi connectivity index (χ1v) is 11.1. The van der Waals surface area contributed by atoms with Crippen molar-refractivity contribution in [2.75, 3.05) is 16.5 Å². The molecule has 0 radical (unpaired) electrons. The summed E-state index contributed by atoms with van der Waals surface area (Å²) in [6, 6.07) is 13.6. The monoisotopic (exact) mass is 433 g/mol. The Bertz CT molecular complexity index is 1130. The maximum atomic E-state index is 13.1. The van der Waals surface area contributed by atoms with Crippen molar-refractivity contribution in [1.29, 1.82) is 0 Å². The molecule has 0 saturated carbocycles. The Morgan fingerprint density at radius 3 is 2.52 bits per heavy atom. The van der Waals surface area contributed by atoms with Gasteiger partial charge in [-0.3, -0.25) is 4.79 Å². The molecule has 31 heavy (non-hydrogen) atoms. The predicted molar refractivity (Wildman–Crippen MR) is 132 cm³/mol. The van der Waals surface area contributed by atoms with Crippen LogP contribution in [0.3, 0.4) is 0 Å². The molecule has 2 aromatic rings. The van der Waals surface area contributed by atoms with Crippen LogP contribution >= 0.6 is 11.6 Å². The lowest BCUT2D eigenvalue weighted by Gasteiger charge is -2.43. The maximum Gasteiger partial charge on any atom is 0.280 e. The highest BCUT2D eigenvalue weighted by Gasteiger charge is 2.32. The van der Waals surface area contributed by atoms with Gasteiger partial charge >= 0.3 is 0 Å². The number of benzene rings is 2. The first-order chi connectivity index (χ1) is 14.7. The second-order valence-corrected chi connectivity index (χ2v) is 9.13. The third-order valence-corrected chi connectivity index (χ3v) is 6.23. The third-order valence-electron chi connectivity index (χ3n) is 5.91. The average molecular weight is 434 g/mol. The molecule has 0 aromatic heterocycles. The first kappa shape index (κ1) is 21.4. The van der Waals surface area contributed by atoms with Gasteiger partial charge in [-0.2, -0.15) is 10.1 Å². The SMILES string of the molecule is CCCN1c2cc(Cl)c(/C=C3\C(=O)N(c4ccccc4)N=C3C)cc2C(C)=CC1(C)C. The molecule has 0 N–H and O–H groups in total. The third kappa shape index (κ3) is 3.81. The Hall–Kier alpha value is -2.85. The Morgan fingerprint density at radius 1 is 1.13 bits per heavy atom. The lowest BCUT2D eigenvalue weighted by atomic mass is 9.87. The zero-order valence-electron chi connectivity index (χ0n) is 18.7. The van der Waals surface area contributed by atoms with E-state index in [9.17, 15) is 4.79 Å². The molecule has 160 valence electrons. The Labute approximate surface area is 189 Å². The standard InChI is InChI=1S/C26H28ClN3O/c1-6-12-29-24-15-23(27)19(13-21(24)17(2)16-26(29,4)5)14-22-18(3)28-30(25(22)31)20-10-8-7-9-11-20/h7-11,13-16H,6,12H2,1-5H3/b22-14-. The molecular formula is C26H28ClN3O. The number of hydrogen-bond acceptors (Lipinski definition) is 3. The summed E-state index contributed by atoms with van der Waals surface area (Å²) in [7, 11) is 0. The van der Waals surface area contributed by atoms with Gasteiger partial charge in [0.1, 0.15) is 0 Å². The fourth-order valence-corrected chi connectivity index (χ4v) is 4.65. The topological polar surface area (TPSA) is 35.9 Å². The molecule has 0 bridgehead atoms. The normalized spacial score (nSPS) is 18.9. The lowest BCUT2D eigenvalue weighted by molar-refractivity contribution is -0.114. The number of carbonyl (C=O) groups is 1. The van der Waals surface area contributed by atoms with E-state index in [4.69, 9.17) is 11.6 Å². The van der Waals surface area contributed by atoms with Crippen LogP contribution in [0.15, 0.2) is 59.2 Å². The van der Waals surface area contributed by atoms with Gasteiger partial charge in [-0.25, -0.2) is 0 Å². The summed E-state index contributed by atoms with van der Waals surface area (Å²) < 4.78 is 0. The van der Waals surface area contributed by atoms with Gasteiger partial charge in [0.2, 0.25) is 0 Å². The van der Waals surface area contributed by atoms with Crippen molar-refractivity contribution in [1.82, 2.24) is 0 Å². The summed E-state index contributed by atoms with van der Waals surface area (Å²) in [4.78, 5) is 15.5. The molecule has 4 nitrogen and oxygen atoms in total. The summed E-state index contributed by atoms with van der Waals surface area (Å²) in [6.07, 6.45) is 5.23. The zero-order chi connectivity index (χ0) is 22.3. The zero-order valence-corrected chi connectivity index (χ0v) is 19.5. The number of rotatable bonds is 4. The van der Waals surface area contributed by atoms with Gasteiger partial charge in [0.25, 0.3) is 5.91 Å². The maximum absolute atomic E-state index is 13.1. The Morgan fingerprint density at radius 2 is 1.84 bits per heavy atom.